The molecule has 0 spiro atoms. The zero-order valence-electron chi connectivity index (χ0n) is 14.4. The van der Waals surface area contributed by atoms with Gasteiger partial charge in [-0.05, 0) is 31.5 Å². The second-order valence-corrected chi connectivity index (χ2v) is 7.13. The van der Waals surface area contributed by atoms with Gasteiger partial charge in [-0.1, -0.05) is 36.4 Å². The molecule has 2 aromatic rings. The third kappa shape index (κ3) is 2.76. The number of anilines is 1. The molecule has 2 aromatic carbocycles. The fourth-order valence-corrected chi connectivity index (χ4v) is 3.48. The molecule has 3 amide bonds. The average Bonchev–Trinajstić information content (AvgIpc) is 3.05. The highest BCUT2D eigenvalue weighted by atomic mass is 16.5. The van der Waals surface area contributed by atoms with Crippen LogP contribution in [0, 0.1) is 0 Å². The number of ether oxygens (including phenoxy) is 1. The molecule has 128 valence electrons. The molecule has 0 unspecified atom stereocenters. The molecule has 5 nitrogen and oxygen atoms in total. The van der Waals surface area contributed by atoms with Crippen molar-refractivity contribution in [3.63, 3.8) is 0 Å². The van der Waals surface area contributed by atoms with Crippen LogP contribution in [0.15, 0.2) is 48.5 Å². The third-order valence-corrected chi connectivity index (χ3v) is 4.63. The van der Waals surface area contributed by atoms with Gasteiger partial charge in [0.05, 0.1) is 6.54 Å². The molecule has 0 aromatic heterocycles. The molecule has 1 fully saturated rings. The van der Waals surface area contributed by atoms with Crippen molar-refractivity contribution >= 4 is 17.6 Å². The Morgan fingerprint density at radius 2 is 1.80 bits per heavy atom. The highest BCUT2D eigenvalue weighted by molar-refractivity contribution is 6.12. The van der Waals surface area contributed by atoms with Gasteiger partial charge in [0.1, 0.15) is 17.9 Å². The number of hydrogen-bond acceptors (Lipinski definition) is 3. The summed E-state index contributed by atoms with van der Waals surface area (Å²) < 4.78 is 6.05. The van der Waals surface area contributed by atoms with Crippen molar-refractivity contribution in [2.75, 3.05) is 11.4 Å². The molecule has 1 saturated heterocycles. The van der Waals surface area contributed by atoms with E-state index >= 15 is 0 Å². The van der Waals surface area contributed by atoms with E-state index in [1.165, 1.54) is 9.80 Å². The van der Waals surface area contributed by atoms with Gasteiger partial charge in [0, 0.05) is 17.7 Å². The summed E-state index contributed by atoms with van der Waals surface area (Å²) in [6, 6.07) is 14.9. The first-order valence-corrected chi connectivity index (χ1v) is 8.41. The number of fused-ring (bicyclic) bond motifs is 1. The van der Waals surface area contributed by atoms with Crippen LogP contribution in [0.4, 0.5) is 10.5 Å². The summed E-state index contributed by atoms with van der Waals surface area (Å²) in [6.45, 7) is 4.39. The van der Waals surface area contributed by atoms with Crippen molar-refractivity contribution in [1.29, 1.82) is 0 Å². The zero-order chi connectivity index (χ0) is 17.6. The lowest BCUT2D eigenvalue weighted by Gasteiger charge is -2.20. The van der Waals surface area contributed by atoms with Gasteiger partial charge in [0.2, 0.25) is 0 Å². The molecule has 0 saturated carbocycles. The van der Waals surface area contributed by atoms with Crippen LogP contribution in [0.25, 0.3) is 0 Å². The van der Waals surface area contributed by atoms with Crippen LogP contribution in [0.2, 0.25) is 0 Å². The van der Waals surface area contributed by atoms with Gasteiger partial charge < -0.3 is 4.74 Å². The number of nitrogens with zero attached hydrogens (tertiary/aromatic N) is 2. The molecular weight excluding hydrogens is 316 g/mol. The van der Waals surface area contributed by atoms with Gasteiger partial charge in [0.15, 0.2) is 0 Å². The molecule has 2 aliphatic heterocycles. The van der Waals surface area contributed by atoms with Crippen molar-refractivity contribution < 1.29 is 14.3 Å². The molecule has 2 aliphatic rings. The van der Waals surface area contributed by atoms with Crippen molar-refractivity contribution in [3.8, 4) is 5.75 Å². The van der Waals surface area contributed by atoms with Gasteiger partial charge in [-0.3, -0.25) is 14.6 Å². The summed E-state index contributed by atoms with van der Waals surface area (Å²) in [5, 5.41) is 0. The Bertz CT molecular complexity index is 845. The minimum Gasteiger partial charge on any atom is -0.487 e. The van der Waals surface area contributed by atoms with Crippen LogP contribution in [0.3, 0.4) is 0 Å². The number of urea groups is 1. The van der Waals surface area contributed by atoms with E-state index in [1.807, 2.05) is 62.4 Å². The van der Waals surface area contributed by atoms with Gasteiger partial charge in [0.25, 0.3) is 5.91 Å². The van der Waals surface area contributed by atoms with Gasteiger partial charge in [-0.25, -0.2) is 4.79 Å². The SMILES string of the molecule is CC1(C)Cc2cccc(CN3C(=O)CN(c4ccccc4)C3=O)c2O1. The summed E-state index contributed by atoms with van der Waals surface area (Å²) in [5.41, 5.74) is 2.48. The summed E-state index contributed by atoms with van der Waals surface area (Å²) in [4.78, 5) is 28.0. The smallest absolute Gasteiger partial charge is 0.332 e. The van der Waals surface area contributed by atoms with E-state index in [0.29, 0.717) is 0 Å². The van der Waals surface area contributed by atoms with Crippen molar-refractivity contribution in [2.24, 2.45) is 0 Å². The van der Waals surface area contributed by atoms with E-state index in [-0.39, 0.29) is 30.6 Å². The lowest BCUT2D eigenvalue weighted by molar-refractivity contribution is -0.125. The van der Waals surface area contributed by atoms with Crippen LogP contribution in [0.1, 0.15) is 25.0 Å². The minimum absolute atomic E-state index is 0.0736. The van der Waals surface area contributed by atoms with Crippen molar-refractivity contribution in [2.45, 2.75) is 32.4 Å². The average molecular weight is 336 g/mol. The van der Waals surface area contributed by atoms with Gasteiger partial charge in [-0.2, -0.15) is 0 Å². The first kappa shape index (κ1) is 15.7. The highest BCUT2D eigenvalue weighted by Gasteiger charge is 2.38. The molecule has 0 aliphatic carbocycles. The van der Waals surface area contributed by atoms with Crippen LogP contribution in [-0.2, 0) is 17.8 Å². The van der Waals surface area contributed by atoms with Crippen molar-refractivity contribution in [1.82, 2.24) is 4.90 Å². The Labute approximate surface area is 146 Å². The number of imide groups is 1. The predicted molar refractivity (Wildman–Crippen MR) is 94.6 cm³/mol. The fraction of sp³-hybridized carbons (Fsp3) is 0.300. The standard InChI is InChI=1S/C20H20N2O3/c1-20(2)11-14-7-6-8-15(18(14)25-20)12-22-17(23)13-21(19(22)24)16-9-4-3-5-10-16/h3-10H,11-13H2,1-2H3. The summed E-state index contributed by atoms with van der Waals surface area (Å²) in [5.74, 6) is 0.620. The van der Waals surface area contributed by atoms with E-state index in [4.69, 9.17) is 4.74 Å². The molecule has 0 radical (unpaired) electrons. The Morgan fingerprint density at radius 3 is 2.56 bits per heavy atom. The van der Waals surface area contributed by atoms with E-state index in [1.54, 1.807) is 0 Å². The highest BCUT2D eigenvalue weighted by Crippen LogP contribution is 2.38. The summed E-state index contributed by atoms with van der Waals surface area (Å²) >= 11 is 0. The van der Waals surface area contributed by atoms with E-state index in [0.717, 1.165) is 29.0 Å². The topological polar surface area (TPSA) is 49.9 Å². The Morgan fingerprint density at radius 1 is 1.04 bits per heavy atom. The molecule has 25 heavy (non-hydrogen) atoms. The Hall–Kier alpha value is -2.82. The quantitative estimate of drug-likeness (QED) is 0.808. The van der Waals surface area contributed by atoms with Crippen LogP contribution in [0.5, 0.6) is 5.75 Å². The number of carbonyl (C=O) groups is 2. The number of benzene rings is 2. The molecule has 0 atom stereocenters. The molecule has 0 bridgehead atoms. The maximum atomic E-state index is 12.7. The maximum absolute atomic E-state index is 12.7. The van der Waals surface area contributed by atoms with E-state index < -0.39 is 0 Å². The minimum atomic E-state index is -0.286. The predicted octanol–water partition coefficient (Wildman–Crippen LogP) is 3.37. The third-order valence-electron chi connectivity index (χ3n) is 4.63. The number of rotatable bonds is 3. The molecule has 4 rings (SSSR count). The second-order valence-electron chi connectivity index (χ2n) is 7.13. The van der Waals surface area contributed by atoms with Gasteiger partial charge >= 0.3 is 6.03 Å². The number of amides is 3. The first-order chi connectivity index (χ1) is 11.9. The Kier molecular flexibility index (Phi) is 3.53. The Balaban J connectivity index is 1.60. The first-order valence-electron chi connectivity index (χ1n) is 8.41. The molecule has 2 heterocycles. The number of carbonyl (C=O) groups excluding carboxylic acids is 2. The summed E-state index contributed by atoms with van der Waals surface area (Å²) in [7, 11) is 0. The number of hydrogen-bond donors (Lipinski definition) is 0. The normalized spacial score (nSPS) is 18.5. The second kappa shape index (κ2) is 5.62. The largest absolute Gasteiger partial charge is 0.487 e. The van der Waals surface area contributed by atoms with E-state index in [9.17, 15) is 9.59 Å². The summed E-state index contributed by atoms with van der Waals surface area (Å²) in [6.07, 6.45) is 0.828. The molecular formula is C20H20N2O3. The molecule has 0 N–H and O–H groups in total. The van der Waals surface area contributed by atoms with Crippen molar-refractivity contribution in [3.05, 3.63) is 59.7 Å². The van der Waals surface area contributed by atoms with Crippen LogP contribution in [-0.4, -0.2) is 29.0 Å². The monoisotopic (exact) mass is 336 g/mol. The lowest BCUT2D eigenvalue weighted by atomic mass is 10.0. The fourth-order valence-electron chi connectivity index (χ4n) is 3.48. The van der Waals surface area contributed by atoms with Crippen LogP contribution >= 0.6 is 0 Å². The van der Waals surface area contributed by atoms with Crippen LogP contribution < -0.4 is 9.64 Å². The lowest BCUT2D eigenvalue weighted by Crippen LogP contribution is -2.32. The van der Waals surface area contributed by atoms with E-state index in [2.05, 4.69) is 0 Å². The molecule has 5 heteroatoms. The maximum Gasteiger partial charge on any atom is 0.332 e. The number of para-hydroxylation sites is 2. The van der Waals surface area contributed by atoms with Gasteiger partial charge in [-0.15, -0.1) is 0 Å². The zero-order valence-corrected chi connectivity index (χ0v) is 14.4.